The van der Waals surface area contributed by atoms with Gasteiger partial charge in [0.05, 0.1) is 26.4 Å². The molecule has 2 heterocycles. The van der Waals surface area contributed by atoms with Gasteiger partial charge >= 0.3 is 0 Å². The summed E-state index contributed by atoms with van der Waals surface area (Å²) in [5, 5.41) is 11.8. The molecule has 0 atom stereocenters. The van der Waals surface area contributed by atoms with Gasteiger partial charge in [0.2, 0.25) is 15.9 Å². The Morgan fingerprint density at radius 3 is 2.60 bits per heavy atom. The first-order chi connectivity index (χ1) is 14.3. The van der Waals surface area contributed by atoms with E-state index in [0.29, 0.717) is 34.6 Å². The SMILES string of the molecule is CCN(CC)S(=O)(=O)c1ccc2nnc(SCC(=O)Nc3cccc(Cl)c3Cl)n2c1. The highest BCUT2D eigenvalue weighted by Gasteiger charge is 2.23. The summed E-state index contributed by atoms with van der Waals surface area (Å²) in [6.07, 6.45) is 1.47. The molecule has 0 aliphatic heterocycles. The third-order valence-corrected chi connectivity index (χ3v) is 8.04. The van der Waals surface area contributed by atoms with Gasteiger partial charge in [0.25, 0.3) is 0 Å². The second-order valence-corrected chi connectivity index (χ2v) is 9.77. The summed E-state index contributed by atoms with van der Waals surface area (Å²) in [5.74, 6) is -0.288. The molecule has 1 amide bonds. The fourth-order valence-corrected chi connectivity index (χ4v) is 5.25. The molecule has 0 spiro atoms. The van der Waals surface area contributed by atoms with Gasteiger partial charge in [0.1, 0.15) is 0 Å². The quantitative estimate of drug-likeness (QED) is 0.485. The van der Waals surface area contributed by atoms with Crippen LogP contribution in [0.4, 0.5) is 5.69 Å². The molecule has 0 radical (unpaired) electrons. The molecule has 3 rings (SSSR count). The number of carbonyl (C=O) groups is 1. The fraction of sp³-hybridized carbons (Fsp3) is 0.278. The third-order valence-electron chi connectivity index (χ3n) is 4.25. The van der Waals surface area contributed by atoms with Crippen molar-refractivity contribution < 1.29 is 13.2 Å². The summed E-state index contributed by atoms with van der Waals surface area (Å²) in [6.45, 7) is 4.30. The molecule has 0 fully saturated rings. The van der Waals surface area contributed by atoms with Crippen LogP contribution in [0.15, 0.2) is 46.6 Å². The van der Waals surface area contributed by atoms with Crippen LogP contribution in [0.1, 0.15) is 13.8 Å². The molecule has 0 unspecified atom stereocenters. The Morgan fingerprint density at radius 2 is 1.90 bits per heavy atom. The number of pyridine rings is 1. The molecule has 1 N–H and O–H groups in total. The first-order valence-corrected chi connectivity index (χ1v) is 12.2. The lowest BCUT2D eigenvalue weighted by Crippen LogP contribution is -2.30. The van der Waals surface area contributed by atoms with Gasteiger partial charge in [-0.2, -0.15) is 4.31 Å². The number of anilines is 1. The van der Waals surface area contributed by atoms with Crippen LogP contribution in [0.5, 0.6) is 0 Å². The monoisotopic (exact) mass is 487 g/mol. The van der Waals surface area contributed by atoms with Crippen LogP contribution in [-0.2, 0) is 14.8 Å². The first-order valence-electron chi connectivity index (χ1n) is 8.99. The molecular formula is C18H19Cl2N5O3S2. The lowest BCUT2D eigenvalue weighted by molar-refractivity contribution is -0.113. The Labute approximate surface area is 188 Å². The minimum atomic E-state index is -3.63. The van der Waals surface area contributed by atoms with Gasteiger partial charge in [0, 0.05) is 19.3 Å². The summed E-state index contributed by atoms with van der Waals surface area (Å²) in [4.78, 5) is 12.4. The van der Waals surface area contributed by atoms with E-state index >= 15 is 0 Å². The standard InChI is InChI=1S/C18H19Cl2N5O3S2/c1-3-24(4-2)30(27,28)12-8-9-15-22-23-18(25(15)10-12)29-11-16(26)21-14-7-5-6-13(19)17(14)20/h5-10H,3-4,11H2,1-2H3,(H,21,26). The molecule has 0 aliphatic carbocycles. The van der Waals surface area contributed by atoms with E-state index in [1.165, 1.54) is 16.6 Å². The van der Waals surface area contributed by atoms with Crippen LogP contribution in [-0.4, -0.2) is 52.1 Å². The predicted molar refractivity (Wildman–Crippen MR) is 119 cm³/mol. The van der Waals surface area contributed by atoms with E-state index in [0.717, 1.165) is 11.8 Å². The summed E-state index contributed by atoms with van der Waals surface area (Å²) in [6, 6.07) is 8.04. The van der Waals surface area contributed by atoms with Crippen molar-refractivity contribution in [2.24, 2.45) is 0 Å². The largest absolute Gasteiger partial charge is 0.324 e. The predicted octanol–water partition coefficient (Wildman–Crippen LogP) is 3.80. The smallest absolute Gasteiger partial charge is 0.244 e. The average Bonchev–Trinajstić information content (AvgIpc) is 3.13. The number of amides is 1. The number of nitrogens with one attached hydrogen (secondary N) is 1. The number of thioether (sulfide) groups is 1. The van der Waals surface area contributed by atoms with Gasteiger partial charge in [-0.15, -0.1) is 10.2 Å². The lowest BCUT2D eigenvalue weighted by atomic mass is 10.3. The zero-order valence-corrected chi connectivity index (χ0v) is 19.3. The molecule has 0 saturated heterocycles. The number of hydrogen-bond donors (Lipinski definition) is 1. The van der Waals surface area contributed by atoms with Crippen molar-refractivity contribution in [2.75, 3.05) is 24.2 Å². The number of carbonyl (C=O) groups excluding carboxylic acids is 1. The number of fused-ring (bicyclic) bond motifs is 1. The second-order valence-electron chi connectivity index (χ2n) is 6.10. The highest BCUT2D eigenvalue weighted by Crippen LogP contribution is 2.30. The number of halogens is 2. The zero-order chi connectivity index (χ0) is 21.9. The number of aromatic nitrogens is 3. The topological polar surface area (TPSA) is 96.7 Å². The third kappa shape index (κ3) is 4.73. The maximum atomic E-state index is 12.8. The first kappa shape index (κ1) is 22.8. The van der Waals surface area contributed by atoms with E-state index in [2.05, 4.69) is 15.5 Å². The van der Waals surface area contributed by atoms with Gasteiger partial charge in [0.15, 0.2) is 10.8 Å². The van der Waals surface area contributed by atoms with Crippen LogP contribution in [0, 0.1) is 0 Å². The molecule has 0 aliphatic rings. The van der Waals surface area contributed by atoms with Gasteiger partial charge in [-0.3, -0.25) is 9.20 Å². The number of benzene rings is 1. The van der Waals surface area contributed by atoms with Crippen LogP contribution < -0.4 is 5.32 Å². The van der Waals surface area contributed by atoms with Crippen LogP contribution in [0.2, 0.25) is 10.0 Å². The molecule has 3 aromatic rings. The van der Waals surface area contributed by atoms with Gasteiger partial charge in [-0.05, 0) is 24.3 Å². The van der Waals surface area contributed by atoms with E-state index < -0.39 is 10.0 Å². The zero-order valence-electron chi connectivity index (χ0n) is 16.2. The van der Waals surface area contributed by atoms with Gasteiger partial charge in [-0.1, -0.05) is 54.9 Å². The Balaban J connectivity index is 1.78. The van der Waals surface area contributed by atoms with Crippen LogP contribution >= 0.6 is 35.0 Å². The number of hydrogen-bond acceptors (Lipinski definition) is 6. The van der Waals surface area contributed by atoms with Crippen molar-refractivity contribution in [2.45, 2.75) is 23.9 Å². The van der Waals surface area contributed by atoms with E-state index in [1.54, 1.807) is 42.5 Å². The average molecular weight is 488 g/mol. The Hall–Kier alpha value is -1.85. The highest BCUT2D eigenvalue weighted by atomic mass is 35.5. The molecule has 160 valence electrons. The van der Waals surface area contributed by atoms with E-state index in [9.17, 15) is 13.2 Å². The Kier molecular flexibility index (Phi) is 7.25. The Bertz CT molecular complexity index is 1180. The molecule has 2 aromatic heterocycles. The lowest BCUT2D eigenvalue weighted by Gasteiger charge is -2.18. The summed E-state index contributed by atoms with van der Waals surface area (Å²) in [5.41, 5.74) is 0.891. The van der Waals surface area contributed by atoms with Crippen molar-refractivity contribution in [3.8, 4) is 0 Å². The summed E-state index contributed by atoms with van der Waals surface area (Å²) >= 11 is 13.2. The molecule has 12 heteroatoms. The van der Waals surface area contributed by atoms with Gasteiger partial charge < -0.3 is 5.32 Å². The van der Waals surface area contributed by atoms with Crippen molar-refractivity contribution in [3.63, 3.8) is 0 Å². The van der Waals surface area contributed by atoms with E-state index in [-0.39, 0.29) is 21.6 Å². The van der Waals surface area contributed by atoms with Crippen molar-refractivity contribution >= 4 is 62.2 Å². The maximum absolute atomic E-state index is 12.8. The Morgan fingerprint density at radius 1 is 1.17 bits per heavy atom. The van der Waals surface area contributed by atoms with Crippen LogP contribution in [0.3, 0.4) is 0 Å². The minimum Gasteiger partial charge on any atom is -0.324 e. The normalized spacial score (nSPS) is 11.9. The van der Waals surface area contributed by atoms with Crippen molar-refractivity contribution in [3.05, 3.63) is 46.6 Å². The molecule has 8 nitrogen and oxygen atoms in total. The second kappa shape index (κ2) is 9.52. The van der Waals surface area contributed by atoms with Crippen LogP contribution in [0.25, 0.3) is 5.65 Å². The molecule has 0 saturated carbocycles. The number of rotatable bonds is 8. The summed E-state index contributed by atoms with van der Waals surface area (Å²) < 4.78 is 28.5. The molecular weight excluding hydrogens is 469 g/mol. The molecule has 1 aromatic carbocycles. The molecule has 30 heavy (non-hydrogen) atoms. The number of sulfonamides is 1. The highest BCUT2D eigenvalue weighted by molar-refractivity contribution is 7.99. The number of nitrogens with zero attached hydrogens (tertiary/aromatic N) is 4. The summed E-state index contributed by atoms with van der Waals surface area (Å²) in [7, 11) is -3.63. The van der Waals surface area contributed by atoms with Gasteiger partial charge in [-0.25, -0.2) is 8.42 Å². The molecule has 0 bridgehead atoms. The van der Waals surface area contributed by atoms with E-state index in [1.807, 2.05) is 0 Å². The fourth-order valence-electron chi connectivity index (χ4n) is 2.73. The van der Waals surface area contributed by atoms with Crippen molar-refractivity contribution in [1.82, 2.24) is 18.9 Å². The minimum absolute atomic E-state index is 0.0245. The van der Waals surface area contributed by atoms with E-state index in [4.69, 9.17) is 23.2 Å². The van der Waals surface area contributed by atoms with Crippen molar-refractivity contribution in [1.29, 1.82) is 0 Å². The maximum Gasteiger partial charge on any atom is 0.244 e.